The number of nitrogens with zero attached hydrogens (tertiary/aromatic N) is 3. The Morgan fingerprint density at radius 2 is 2.16 bits per heavy atom. The van der Waals surface area contributed by atoms with Crippen molar-refractivity contribution in [2.75, 3.05) is 0 Å². The summed E-state index contributed by atoms with van der Waals surface area (Å²) in [7, 11) is -3.94. The lowest BCUT2D eigenvalue weighted by atomic mass is 9.86. The Balaban J connectivity index is 1.65. The van der Waals surface area contributed by atoms with Crippen LogP contribution in [0.2, 0.25) is 0 Å². The Morgan fingerprint density at radius 3 is 2.72 bits per heavy atom. The fourth-order valence-electron chi connectivity index (χ4n) is 5.06. The van der Waals surface area contributed by atoms with Gasteiger partial charge >= 0.3 is 7.60 Å². The van der Waals surface area contributed by atoms with E-state index in [9.17, 15) is 19.7 Å². The van der Waals surface area contributed by atoms with E-state index in [1.165, 1.54) is 12.7 Å². The summed E-state index contributed by atoms with van der Waals surface area (Å²) in [6.45, 7) is 7.33. The molecule has 4 rings (SSSR count). The number of aromatic nitrogens is 4. The Labute approximate surface area is 191 Å². The lowest BCUT2D eigenvalue weighted by Crippen LogP contribution is -2.44. The van der Waals surface area contributed by atoms with Gasteiger partial charge in [0.25, 0.3) is 0 Å². The molecule has 32 heavy (non-hydrogen) atoms. The SMILES string of the molecule is CCCC(CC)(OP(=O)(O)C(C)CC)C1C2OC(n3cnc4c(=S)nc[nH]c43)C(O)C21O. The zero-order valence-corrected chi connectivity index (χ0v) is 20.3. The van der Waals surface area contributed by atoms with Crippen LogP contribution in [0.1, 0.15) is 59.6 Å². The van der Waals surface area contributed by atoms with Crippen LogP contribution in [0.3, 0.4) is 0 Å². The molecular weight excluding hydrogens is 455 g/mol. The Kier molecular flexibility index (Phi) is 6.16. The van der Waals surface area contributed by atoms with Gasteiger partial charge in [0.05, 0.1) is 29.8 Å². The average Bonchev–Trinajstić information content (AvgIpc) is 3.03. The van der Waals surface area contributed by atoms with Crippen LogP contribution in [0.5, 0.6) is 0 Å². The van der Waals surface area contributed by atoms with Crippen molar-refractivity contribution in [3.63, 3.8) is 0 Å². The first-order chi connectivity index (χ1) is 15.1. The van der Waals surface area contributed by atoms with Crippen molar-refractivity contribution in [1.82, 2.24) is 19.5 Å². The van der Waals surface area contributed by atoms with Gasteiger partial charge in [-0.15, -0.1) is 0 Å². The lowest BCUT2D eigenvalue weighted by molar-refractivity contribution is -0.115. The van der Waals surface area contributed by atoms with E-state index in [0.29, 0.717) is 41.5 Å². The van der Waals surface area contributed by atoms with Gasteiger partial charge in [0.15, 0.2) is 10.9 Å². The normalized spacial score (nSPS) is 34.1. The molecule has 2 aromatic rings. The number of nitrogens with one attached hydrogen (secondary N) is 1. The number of hydrogen-bond acceptors (Lipinski definition) is 8. The largest absolute Gasteiger partial charge is 0.385 e. The van der Waals surface area contributed by atoms with Crippen molar-refractivity contribution in [1.29, 1.82) is 0 Å². The van der Waals surface area contributed by atoms with E-state index in [2.05, 4.69) is 15.0 Å². The number of rotatable bonds is 9. The summed E-state index contributed by atoms with van der Waals surface area (Å²) in [5.74, 6) is -0.634. The van der Waals surface area contributed by atoms with Gasteiger partial charge in [0.1, 0.15) is 29.0 Å². The molecule has 0 bridgehead atoms. The topological polar surface area (TPSA) is 143 Å². The van der Waals surface area contributed by atoms with Crippen molar-refractivity contribution < 1.29 is 28.9 Å². The van der Waals surface area contributed by atoms with Gasteiger partial charge < -0.3 is 29.4 Å². The van der Waals surface area contributed by atoms with Crippen molar-refractivity contribution in [2.24, 2.45) is 5.92 Å². The zero-order valence-electron chi connectivity index (χ0n) is 18.6. The second-order valence-electron chi connectivity index (χ2n) is 8.89. The highest BCUT2D eigenvalue weighted by atomic mass is 32.1. The monoisotopic (exact) mass is 486 g/mol. The van der Waals surface area contributed by atoms with Gasteiger partial charge in [-0.2, -0.15) is 0 Å². The third kappa shape index (κ3) is 3.41. The van der Waals surface area contributed by atoms with E-state index < -0.39 is 48.8 Å². The molecule has 178 valence electrons. The Morgan fingerprint density at radius 1 is 1.44 bits per heavy atom. The zero-order chi connectivity index (χ0) is 23.5. The number of aromatic amines is 1. The van der Waals surface area contributed by atoms with Crippen LogP contribution in [0.25, 0.3) is 11.2 Å². The summed E-state index contributed by atoms with van der Waals surface area (Å²) >= 11 is 5.19. The molecule has 8 unspecified atom stereocenters. The molecule has 1 aliphatic heterocycles. The average molecular weight is 487 g/mol. The van der Waals surface area contributed by atoms with E-state index >= 15 is 0 Å². The first-order valence-electron chi connectivity index (χ1n) is 11.1. The quantitative estimate of drug-likeness (QED) is 0.311. The molecule has 0 spiro atoms. The van der Waals surface area contributed by atoms with Crippen LogP contribution in [0.4, 0.5) is 0 Å². The first-order valence-corrected chi connectivity index (χ1v) is 13.1. The number of aliphatic hydroxyl groups is 2. The Bertz CT molecular complexity index is 1110. The summed E-state index contributed by atoms with van der Waals surface area (Å²) < 4.78 is 27.0. The Hall–Kier alpha value is -1.20. The molecule has 3 heterocycles. The maximum atomic E-state index is 13.0. The maximum Gasteiger partial charge on any atom is 0.331 e. The van der Waals surface area contributed by atoms with Crippen LogP contribution in [-0.2, 0) is 13.8 Å². The van der Waals surface area contributed by atoms with E-state index in [0.717, 1.165) is 0 Å². The second-order valence-corrected chi connectivity index (χ2v) is 11.5. The fraction of sp³-hybridized carbons (Fsp3) is 0.750. The van der Waals surface area contributed by atoms with E-state index in [1.807, 2.05) is 20.8 Å². The van der Waals surface area contributed by atoms with Crippen molar-refractivity contribution >= 4 is 31.0 Å². The van der Waals surface area contributed by atoms with E-state index in [1.54, 1.807) is 11.5 Å². The molecule has 2 fully saturated rings. The molecule has 2 aromatic heterocycles. The highest BCUT2D eigenvalue weighted by molar-refractivity contribution is 7.71. The third-order valence-electron chi connectivity index (χ3n) is 7.13. The summed E-state index contributed by atoms with van der Waals surface area (Å²) in [6.07, 6.45) is 2.02. The molecular formula is C20H31N4O6PS. The van der Waals surface area contributed by atoms with E-state index in [4.69, 9.17) is 21.5 Å². The molecule has 8 atom stereocenters. The number of fused-ring (bicyclic) bond motifs is 2. The van der Waals surface area contributed by atoms with Crippen LogP contribution < -0.4 is 0 Å². The van der Waals surface area contributed by atoms with Gasteiger partial charge in [-0.25, -0.2) is 9.97 Å². The number of aliphatic hydroxyl groups excluding tert-OH is 1. The van der Waals surface area contributed by atoms with Crippen LogP contribution in [-0.4, -0.2) is 63.7 Å². The molecule has 0 amide bonds. The van der Waals surface area contributed by atoms with Gasteiger partial charge in [0.2, 0.25) is 0 Å². The summed E-state index contributed by atoms with van der Waals surface area (Å²) in [5.41, 5.74) is -2.24. The summed E-state index contributed by atoms with van der Waals surface area (Å²) in [5, 5.41) is 22.6. The second kappa shape index (κ2) is 8.23. The summed E-state index contributed by atoms with van der Waals surface area (Å²) in [6, 6.07) is 0. The molecule has 1 aliphatic carbocycles. The molecule has 2 aliphatic rings. The number of ether oxygens (including phenoxy) is 1. The van der Waals surface area contributed by atoms with Crippen LogP contribution in [0.15, 0.2) is 12.7 Å². The maximum absolute atomic E-state index is 13.0. The van der Waals surface area contributed by atoms with Gasteiger partial charge in [-0.05, 0) is 19.3 Å². The number of H-pyrrole nitrogens is 1. The smallest absolute Gasteiger partial charge is 0.331 e. The number of imidazole rings is 1. The predicted octanol–water partition coefficient (Wildman–Crippen LogP) is 3.06. The van der Waals surface area contributed by atoms with Crippen LogP contribution >= 0.6 is 19.8 Å². The highest BCUT2D eigenvalue weighted by Crippen LogP contribution is 2.67. The molecule has 4 N–H and O–H groups in total. The van der Waals surface area contributed by atoms with Gasteiger partial charge in [-0.1, -0.05) is 46.3 Å². The first kappa shape index (κ1) is 23.9. The predicted molar refractivity (Wildman–Crippen MR) is 120 cm³/mol. The molecule has 10 nitrogen and oxygen atoms in total. The molecule has 1 saturated heterocycles. The van der Waals surface area contributed by atoms with E-state index in [-0.39, 0.29) is 0 Å². The minimum absolute atomic E-state index is 0.317. The lowest BCUT2D eigenvalue weighted by Gasteiger charge is -2.39. The van der Waals surface area contributed by atoms with Crippen molar-refractivity contribution in [3.8, 4) is 0 Å². The summed E-state index contributed by atoms with van der Waals surface area (Å²) in [4.78, 5) is 21.8. The highest BCUT2D eigenvalue weighted by Gasteiger charge is 2.81. The minimum Gasteiger partial charge on any atom is -0.385 e. The minimum atomic E-state index is -3.94. The van der Waals surface area contributed by atoms with Crippen molar-refractivity contribution in [3.05, 3.63) is 17.3 Å². The fourth-order valence-corrected chi connectivity index (χ4v) is 6.76. The molecule has 1 saturated carbocycles. The molecule has 0 aromatic carbocycles. The van der Waals surface area contributed by atoms with Gasteiger partial charge in [0, 0.05) is 0 Å². The molecule has 0 radical (unpaired) electrons. The van der Waals surface area contributed by atoms with Gasteiger partial charge in [-0.3, -0.25) is 9.13 Å². The standard InChI is InChI=1S/C20H31N4O6PS/c1-5-8-19(7-3,30-31(27,28)11(4)6-2)13-15-20(13,26)14(25)18(29-15)24-10-23-12-16(24)21-9-22-17(12)32/h9-11,13-15,18,25-26H,5-8H2,1-4H3,(H,27,28)(H,21,22,32). The van der Waals surface area contributed by atoms with Crippen LogP contribution in [0, 0.1) is 10.6 Å². The number of hydrogen-bond donors (Lipinski definition) is 4. The molecule has 12 heteroatoms. The van der Waals surface area contributed by atoms with Crippen molar-refractivity contribution in [2.45, 2.75) is 88.7 Å². The third-order valence-corrected chi connectivity index (χ3v) is 9.53.